The Balaban J connectivity index is 1.88. The van der Waals surface area contributed by atoms with Crippen molar-refractivity contribution in [2.24, 2.45) is 7.05 Å². The molecule has 130 valence electrons. The number of hydrogen-bond donors (Lipinski definition) is 1. The summed E-state index contributed by atoms with van der Waals surface area (Å²) in [5.74, 6) is 0.460. The normalized spacial score (nSPS) is 14.2. The summed E-state index contributed by atoms with van der Waals surface area (Å²) in [6, 6.07) is 13.6. The van der Waals surface area contributed by atoms with E-state index in [1.165, 1.54) is 0 Å². The molecule has 6 heteroatoms. The van der Waals surface area contributed by atoms with Crippen LogP contribution in [-0.4, -0.2) is 24.5 Å². The maximum atomic E-state index is 12.4. The summed E-state index contributed by atoms with van der Waals surface area (Å²) in [6.45, 7) is 1.96. The van der Waals surface area contributed by atoms with Gasteiger partial charge in [-0.3, -0.25) is 9.48 Å². The van der Waals surface area contributed by atoms with Crippen molar-refractivity contribution in [1.29, 1.82) is 0 Å². The average Bonchev–Trinajstić information content (AvgIpc) is 3.32. The highest BCUT2D eigenvalue weighted by atomic mass is 16.1. The minimum Gasteiger partial charge on any atom is -0.306 e. The fourth-order valence-corrected chi connectivity index (χ4v) is 3.64. The average molecular weight is 345 g/mol. The molecule has 1 fully saturated rings. The first kappa shape index (κ1) is 15.1. The quantitative estimate of drug-likeness (QED) is 0.619. The van der Waals surface area contributed by atoms with E-state index in [9.17, 15) is 4.79 Å². The summed E-state index contributed by atoms with van der Waals surface area (Å²) in [7, 11) is 1.91. The molecular weight excluding hydrogens is 326 g/mol. The van der Waals surface area contributed by atoms with Crippen LogP contribution in [0.25, 0.3) is 28.0 Å². The van der Waals surface area contributed by atoms with Crippen LogP contribution in [0.4, 0.5) is 0 Å². The Kier molecular flexibility index (Phi) is 3.16. The predicted octanol–water partition coefficient (Wildman–Crippen LogP) is 3.30. The third-order valence-corrected chi connectivity index (χ3v) is 4.94. The van der Waals surface area contributed by atoms with Gasteiger partial charge in [-0.25, -0.2) is 4.68 Å². The van der Waals surface area contributed by atoms with Gasteiger partial charge >= 0.3 is 0 Å². The summed E-state index contributed by atoms with van der Waals surface area (Å²) >= 11 is 0. The molecule has 4 aromatic rings. The Hall–Kier alpha value is -3.15. The maximum absolute atomic E-state index is 12.4. The van der Waals surface area contributed by atoms with Crippen LogP contribution in [0.2, 0.25) is 0 Å². The van der Waals surface area contributed by atoms with Crippen molar-refractivity contribution in [2.45, 2.75) is 25.7 Å². The van der Waals surface area contributed by atoms with Gasteiger partial charge in [-0.2, -0.15) is 10.2 Å². The summed E-state index contributed by atoms with van der Waals surface area (Å²) < 4.78 is 3.69. The predicted molar refractivity (Wildman–Crippen MR) is 101 cm³/mol. The Morgan fingerprint density at radius 3 is 2.54 bits per heavy atom. The third kappa shape index (κ3) is 2.29. The van der Waals surface area contributed by atoms with Crippen molar-refractivity contribution in [3.8, 4) is 16.9 Å². The van der Waals surface area contributed by atoms with Crippen molar-refractivity contribution in [1.82, 2.24) is 24.5 Å². The van der Waals surface area contributed by atoms with Gasteiger partial charge in [0.1, 0.15) is 5.65 Å². The van der Waals surface area contributed by atoms with Gasteiger partial charge in [0.05, 0.1) is 28.2 Å². The van der Waals surface area contributed by atoms with Gasteiger partial charge in [-0.05, 0) is 38.0 Å². The van der Waals surface area contributed by atoms with Crippen LogP contribution in [0.3, 0.4) is 0 Å². The van der Waals surface area contributed by atoms with E-state index in [1.54, 1.807) is 6.07 Å². The molecule has 1 N–H and O–H groups in total. The van der Waals surface area contributed by atoms with E-state index in [0.29, 0.717) is 5.92 Å². The molecule has 1 aliphatic rings. The zero-order chi connectivity index (χ0) is 17.8. The molecule has 3 aromatic heterocycles. The van der Waals surface area contributed by atoms with Gasteiger partial charge in [0.15, 0.2) is 0 Å². The van der Waals surface area contributed by atoms with Crippen molar-refractivity contribution < 1.29 is 0 Å². The fourth-order valence-electron chi connectivity index (χ4n) is 3.64. The summed E-state index contributed by atoms with van der Waals surface area (Å²) in [5.41, 5.74) is 5.39. The monoisotopic (exact) mass is 345 g/mol. The van der Waals surface area contributed by atoms with Gasteiger partial charge in [0, 0.05) is 24.6 Å². The molecule has 1 saturated carbocycles. The molecule has 0 amide bonds. The topological polar surface area (TPSA) is 68.5 Å². The van der Waals surface area contributed by atoms with Gasteiger partial charge in [0.2, 0.25) is 5.56 Å². The number of rotatable bonds is 3. The Morgan fingerprint density at radius 2 is 1.88 bits per heavy atom. The van der Waals surface area contributed by atoms with E-state index >= 15 is 0 Å². The molecule has 0 unspecified atom stereocenters. The molecule has 26 heavy (non-hydrogen) atoms. The van der Waals surface area contributed by atoms with Gasteiger partial charge < -0.3 is 4.98 Å². The molecule has 0 radical (unpaired) electrons. The summed E-state index contributed by atoms with van der Waals surface area (Å²) in [6.07, 6.45) is 2.29. The zero-order valence-corrected chi connectivity index (χ0v) is 14.7. The Bertz CT molecular complexity index is 1180. The fraction of sp³-hybridized carbons (Fsp3) is 0.250. The van der Waals surface area contributed by atoms with Crippen LogP contribution in [0.1, 0.15) is 30.1 Å². The first-order chi connectivity index (χ1) is 12.6. The number of hydrogen-bond acceptors (Lipinski definition) is 3. The van der Waals surface area contributed by atoms with E-state index in [2.05, 4.69) is 10.1 Å². The number of nitrogens with one attached hydrogen (secondary N) is 1. The molecular formula is C20H19N5O. The van der Waals surface area contributed by atoms with Crippen LogP contribution < -0.4 is 5.56 Å². The number of benzene rings is 1. The highest BCUT2D eigenvalue weighted by Gasteiger charge is 2.31. The first-order valence-corrected chi connectivity index (χ1v) is 8.84. The minimum absolute atomic E-state index is 0.134. The third-order valence-electron chi connectivity index (χ3n) is 4.94. The lowest BCUT2D eigenvalue weighted by molar-refractivity contribution is 0.764. The number of nitrogens with zero attached hydrogens (tertiary/aromatic N) is 4. The molecule has 0 spiro atoms. The van der Waals surface area contributed by atoms with Crippen LogP contribution >= 0.6 is 0 Å². The van der Waals surface area contributed by atoms with Gasteiger partial charge in [-0.1, -0.05) is 18.2 Å². The van der Waals surface area contributed by atoms with Crippen molar-refractivity contribution in [3.05, 3.63) is 64.2 Å². The van der Waals surface area contributed by atoms with E-state index in [1.807, 2.05) is 59.7 Å². The minimum atomic E-state index is -0.134. The number of para-hydroxylation sites is 1. The van der Waals surface area contributed by atoms with Crippen molar-refractivity contribution in [3.63, 3.8) is 0 Å². The smallest absolute Gasteiger partial charge is 0.250 e. The highest BCUT2D eigenvalue weighted by Crippen LogP contribution is 2.44. The lowest BCUT2D eigenvalue weighted by atomic mass is 10.1. The van der Waals surface area contributed by atoms with Crippen LogP contribution in [-0.2, 0) is 7.05 Å². The number of fused-ring (bicyclic) bond motifs is 1. The van der Waals surface area contributed by atoms with E-state index in [0.717, 1.165) is 52.2 Å². The molecule has 1 aliphatic carbocycles. The SMILES string of the molecule is Cc1cc(-c2cc(=O)[nH]c3c2c(C2CC2)nn3-c2ccccc2)n(C)n1. The highest BCUT2D eigenvalue weighted by molar-refractivity contribution is 5.95. The lowest BCUT2D eigenvalue weighted by Gasteiger charge is -2.06. The Morgan fingerprint density at radius 1 is 1.12 bits per heavy atom. The molecule has 0 saturated heterocycles. The standard InChI is InChI=1S/C20H19N5O/c1-12-10-16(24(2)22-12)15-11-17(26)21-20-18(15)19(13-8-9-13)23-25(20)14-6-4-3-5-7-14/h3-7,10-11,13H,8-9H2,1-2H3,(H,21,26). The second-order valence-corrected chi connectivity index (χ2v) is 6.97. The largest absolute Gasteiger partial charge is 0.306 e. The molecule has 3 heterocycles. The van der Waals surface area contributed by atoms with E-state index < -0.39 is 0 Å². The van der Waals surface area contributed by atoms with Gasteiger partial charge in [0.25, 0.3) is 0 Å². The lowest BCUT2D eigenvalue weighted by Crippen LogP contribution is -2.08. The van der Waals surface area contributed by atoms with Crippen LogP contribution in [0.15, 0.2) is 47.3 Å². The molecule has 0 bridgehead atoms. The van der Waals surface area contributed by atoms with Crippen molar-refractivity contribution >= 4 is 11.0 Å². The first-order valence-electron chi connectivity index (χ1n) is 8.84. The second kappa shape index (κ2) is 5.42. The van der Waals surface area contributed by atoms with Crippen molar-refractivity contribution in [2.75, 3.05) is 0 Å². The van der Waals surface area contributed by atoms with E-state index in [-0.39, 0.29) is 5.56 Å². The van der Waals surface area contributed by atoms with E-state index in [4.69, 9.17) is 5.10 Å². The molecule has 1 aromatic carbocycles. The molecule has 0 atom stereocenters. The number of H-pyrrole nitrogens is 1. The number of aromatic nitrogens is 5. The second-order valence-electron chi connectivity index (χ2n) is 6.97. The number of aryl methyl sites for hydroxylation is 2. The van der Waals surface area contributed by atoms with Crippen LogP contribution in [0, 0.1) is 6.92 Å². The molecule has 0 aliphatic heterocycles. The zero-order valence-electron chi connectivity index (χ0n) is 14.7. The number of pyridine rings is 1. The Labute approximate surface area is 150 Å². The summed E-state index contributed by atoms with van der Waals surface area (Å²) in [4.78, 5) is 15.5. The van der Waals surface area contributed by atoms with Gasteiger partial charge in [-0.15, -0.1) is 0 Å². The maximum Gasteiger partial charge on any atom is 0.250 e. The number of aromatic amines is 1. The molecule has 6 nitrogen and oxygen atoms in total. The molecule has 5 rings (SSSR count). The summed E-state index contributed by atoms with van der Waals surface area (Å²) in [5, 5.41) is 10.4. The van der Waals surface area contributed by atoms with Crippen LogP contribution in [0.5, 0.6) is 0 Å².